The van der Waals surface area contributed by atoms with E-state index in [0.717, 1.165) is 5.56 Å². The molecule has 0 spiro atoms. The van der Waals surface area contributed by atoms with E-state index < -0.39 is 0 Å². The molecule has 3 nitrogen and oxygen atoms in total. The van der Waals surface area contributed by atoms with Gasteiger partial charge in [-0.2, -0.15) is 0 Å². The monoisotopic (exact) mass is 152 g/mol. The first-order valence-electron chi connectivity index (χ1n) is 3.56. The van der Waals surface area contributed by atoms with E-state index >= 15 is 0 Å². The molecule has 0 saturated heterocycles. The first-order valence-corrected chi connectivity index (χ1v) is 3.56. The Morgan fingerprint density at radius 2 is 2.55 bits per heavy atom. The number of aliphatic hydroxyl groups excluding tert-OH is 1. The van der Waals surface area contributed by atoms with Crippen LogP contribution in [0.1, 0.15) is 11.6 Å². The second kappa shape index (κ2) is 4.05. The Hall–Kier alpha value is -0.930. The highest BCUT2D eigenvalue weighted by Crippen LogP contribution is 2.08. The van der Waals surface area contributed by atoms with Crippen molar-refractivity contribution in [1.29, 1.82) is 0 Å². The molecule has 0 aliphatic heterocycles. The Morgan fingerprint density at radius 3 is 3.00 bits per heavy atom. The standard InChI is InChI=1S/C8H12N2O/c1-9-8(6-11)7-3-2-4-10-5-7/h2-5,8-9,11H,6H2,1H3. The minimum Gasteiger partial charge on any atom is -0.394 e. The van der Waals surface area contributed by atoms with Gasteiger partial charge in [-0.05, 0) is 18.7 Å². The molecule has 0 amide bonds. The Kier molecular flexibility index (Phi) is 3.01. The summed E-state index contributed by atoms with van der Waals surface area (Å²) in [4.78, 5) is 3.95. The van der Waals surface area contributed by atoms with Crippen LogP contribution in [-0.4, -0.2) is 23.7 Å². The fraction of sp³-hybridized carbons (Fsp3) is 0.375. The predicted octanol–water partition coefficient (Wildman–Crippen LogP) is 0.334. The van der Waals surface area contributed by atoms with Crippen molar-refractivity contribution >= 4 is 0 Å². The van der Waals surface area contributed by atoms with Crippen molar-refractivity contribution in [2.75, 3.05) is 13.7 Å². The minimum absolute atomic E-state index is 0.00343. The highest BCUT2D eigenvalue weighted by atomic mass is 16.3. The van der Waals surface area contributed by atoms with E-state index in [4.69, 9.17) is 5.11 Å². The number of aliphatic hydroxyl groups is 1. The summed E-state index contributed by atoms with van der Waals surface area (Å²) in [6, 6.07) is 3.79. The van der Waals surface area contributed by atoms with Gasteiger partial charge in [0.2, 0.25) is 0 Å². The molecule has 3 heteroatoms. The molecular weight excluding hydrogens is 140 g/mol. The average Bonchev–Trinajstić information content (AvgIpc) is 2.09. The zero-order chi connectivity index (χ0) is 8.10. The molecule has 0 aliphatic carbocycles. The van der Waals surface area contributed by atoms with Crippen LogP contribution in [-0.2, 0) is 0 Å². The number of aromatic nitrogens is 1. The van der Waals surface area contributed by atoms with Gasteiger partial charge in [0.05, 0.1) is 12.6 Å². The summed E-state index contributed by atoms with van der Waals surface area (Å²) in [5, 5.41) is 11.9. The molecule has 0 radical (unpaired) electrons. The van der Waals surface area contributed by atoms with E-state index in [2.05, 4.69) is 10.3 Å². The van der Waals surface area contributed by atoms with Gasteiger partial charge in [0.1, 0.15) is 0 Å². The molecule has 60 valence electrons. The molecule has 1 heterocycles. The van der Waals surface area contributed by atoms with Gasteiger partial charge in [-0.1, -0.05) is 6.07 Å². The zero-order valence-corrected chi connectivity index (χ0v) is 6.49. The molecule has 0 aliphatic rings. The maximum atomic E-state index is 8.89. The predicted molar refractivity (Wildman–Crippen MR) is 43.1 cm³/mol. The number of hydrogen-bond donors (Lipinski definition) is 2. The largest absolute Gasteiger partial charge is 0.394 e. The van der Waals surface area contributed by atoms with Gasteiger partial charge >= 0.3 is 0 Å². The van der Waals surface area contributed by atoms with Crippen LogP contribution in [0.25, 0.3) is 0 Å². The third-order valence-electron chi connectivity index (χ3n) is 1.62. The summed E-state index contributed by atoms with van der Waals surface area (Å²) in [6.45, 7) is 0.0994. The first kappa shape index (κ1) is 8.17. The van der Waals surface area contributed by atoms with Crippen molar-refractivity contribution in [3.05, 3.63) is 30.1 Å². The van der Waals surface area contributed by atoms with E-state index in [1.807, 2.05) is 19.2 Å². The Balaban J connectivity index is 2.74. The lowest BCUT2D eigenvalue weighted by atomic mass is 10.1. The maximum absolute atomic E-state index is 8.89. The van der Waals surface area contributed by atoms with E-state index in [-0.39, 0.29) is 12.6 Å². The van der Waals surface area contributed by atoms with Crippen LogP contribution >= 0.6 is 0 Å². The van der Waals surface area contributed by atoms with Crippen LogP contribution in [0.2, 0.25) is 0 Å². The molecule has 1 aromatic rings. The smallest absolute Gasteiger partial charge is 0.0626 e. The maximum Gasteiger partial charge on any atom is 0.0626 e. The van der Waals surface area contributed by atoms with Crippen molar-refractivity contribution in [2.45, 2.75) is 6.04 Å². The van der Waals surface area contributed by atoms with E-state index in [0.29, 0.717) is 0 Å². The van der Waals surface area contributed by atoms with E-state index in [9.17, 15) is 0 Å². The third-order valence-corrected chi connectivity index (χ3v) is 1.62. The minimum atomic E-state index is 0.00343. The molecule has 0 bridgehead atoms. The number of hydrogen-bond acceptors (Lipinski definition) is 3. The highest BCUT2D eigenvalue weighted by Gasteiger charge is 2.05. The second-order valence-corrected chi connectivity index (χ2v) is 2.31. The van der Waals surface area contributed by atoms with Crippen LogP contribution in [0, 0.1) is 0 Å². The van der Waals surface area contributed by atoms with Crippen molar-refractivity contribution in [1.82, 2.24) is 10.3 Å². The average molecular weight is 152 g/mol. The fourth-order valence-corrected chi connectivity index (χ4v) is 0.945. The summed E-state index contributed by atoms with van der Waals surface area (Å²) in [7, 11) is 1.81. The fourth-order valence-electron chi connectivity index (χ4n) is 0.945. The van der Waals surface area contributed by atoms with Crippen molar-refractivity contribution < 1.29 is 5.11 Å². The summed E-state index contributed by atoms with van der Waals surface area (Å²) in [5.41, 5.74) is 1.01. The molecule has 1 aromatic heterocycles. The van der Waals surface area contributed by atoms with Gasteiger partial charge in [-0.3, -0.25) is 4.98 Å². The summed E-state index contributed by atoms with van der Waals surface area (Å²) < 4.78 is 0. The molecule has 0 fully saturated rings. The Labute approximate surface area is 66.1 Å². The lowest BCUT2D eigenvalue weighted by molar-refractivity contribution is 0.251. The van der Waals surface area contributed by atoms with Gasteiger partial charge in [0.15, 0.2) is 0 Å². The van der Waals surface area contributed by atoms with E-state index in [1.54, 1.807) is 12.4 Å². The zero-order valence-electron chi connectivity index (χ0n) is 6.49. The van der Waals surface area contributed by atoms with Crippen LogP contribution in [0.4, 0.5) is 0 Å². The molecule has 0 aromatic carbocycles. The number of pyridine rings is 1. The van der Waals surface area contributed by atoms with E-state index in [1.165, 1.54) is 0 Å². The highest BCUT2D eigenvalue weighted by molar-refractivity contribution is 5.13. The Morgan fingerprint density at radius 1 is 1.73 bits per heavy atom. The third kappa shape index (κ3) is 2.00. The Bertz CT molecular complexity index is 197. The van der Waals surface area contributed by atoms with Gasteiger partial charge < -0.3 is 10.4 Å². The van der Waals surface area contributed by atoms with Crippen LogP contribution < -0.4 is 5.32 Å². The van der Waals surface area contributed by atoms with Gasteiger partial charge in [0.25, 0.3) is 0 Å². The normalized spacial score (nSPS) is 12.9. The van der Waals surface area contributed by atoms with Crippen molar-refractivity contribution in [2.24, 2.45) is 0 Å². The van der Waals surface area contributed by atoms with Crippen molar-refractivity contribution in [3.63, 3.8) is 0 Å². The SMILES string of the molecule is CNC(CO)c1cccnc1. The molecule has 1 atom stereocenters. The number of rotatable bonds is 3. The van der Waals surface area contributed by atoms with Crippen LogP contribution in [0.5, 0.6) is 0 Å². The van der Waals surface area contributed by atoms with Crippen LogP contribution in [0.15, 0.2) is 24.5 Å². The summed E-state index contributed by atoms with van der Waals surface area (Å²) in [6.07, 6.45) is 3.46. The van der Waals surface area contributed by atoms with Crippen molar-refractivity contribution in [3.8, 4) is 0 Å². The quantitative estimate of drug-likeness (QED) is 0.656. The molecule has 11 heavy (non-hydrogen) atoms. The topological polar surface area (TPSA) is 45.1 Å². The number of nitrogens with one attached hydrogen (secondary N) is 1. The lowest BCUT2D eigenvalue weighted by Gasteiger charge is -2.11. The number of likely N-dealkylation sites (N-methyl/N-ethyl adjacent to an activating group) is 1. The molecular formula is C8H12N2O. The second-order valence-electron chi connectivity index (χ2n) is 2.31. The first-order chi connectivity index (χ1) is 5.38. The van der Waals surface area contributed by atoms with Gasteiger partial charge in [-0.25, -0.2) is 0 Å². The molecule has 2 N–H and O–H groups in total. The van der Waals surface area contributed by atoms with Gasteiger partial charge in [-0.15, -0.1) is 0 Å². The summed E-state index contributed by atoms with van der Waals surface area (Å²) >= 11 is 0. The molecule has 1 rings (SSSR count). The number of nitrogens with zero attached hydrogens (tertiary/aromatic N) is 1. The lowest BCUT2D eigenvalue weighted by Crippen LogP contribution is -2.19. The molecule has 1 unspecified atom stereocenters. The summed E-state index contributed by atoms with van der Waals surface area (Å²) in [5.74, 6) is 0. The van der Waals surface area contributed by atoms with Gasteiger partial charge in [0, 0.05) is 12.4 Å². The van der Waals surface area contributed by atoms with Crippen LogP contribution in [0.3, 0.4) is 0 Å². The molecule has 0 saturated carbocycles.